The first-order valence-electron chi connectivity index (χ1n) is 10.7. The highest BCUT2D eigenvalue weighted by atomic mass is 16.6. The zero-order chi connectivity index (χ0) is 17.9. The number of hydrogen-bond acceptors (Lipinski definition) is 3. The molecule has 1 amide bonds. The van der Waals surface area contributed by atoms with Crippen LogP contribution in [0.3, 0.4) is 0 Å². The van der Waals surface area contributed by atoms with E-state index in [0.29, 0.717) is 17.8 Å². The van der Waals surface area contributed by atoms with E-state index in [4.69, 9.17) is 4.74 Å². The summed E-state index contributed by atoms with van der Waals surface area (Å²) in [6.07, 6.45) is 13.0. The lowest BCUT2D eigenvalue weighted by Gasteiger charge is -2.63. The quantitative estimate of drug-likeness (QED) is 0.605. The number of amides is 1. The first-order valence-corrected chi connectivity index (χ1v) is 10.7. The summed E-state index contributed by atoms with van der Waals surface area (Å²) in [4.78, 5) is 24.2. The molecular weight excluding hydrogens is 326 g/mol. The zero-order valence-electron chi connectivity index (χ0n) is 15.6. The van der Waals surface area contributed by atoms with Gasteiger partial charge in [0.1, 0.15) is 12.1 Å². The maximum absolute atomic E-state index is 12.8. The fourth-order valence-electron chi connectivity index (χ4n) is 8.03. The van der Waals surface area contributed by atoms with Gasteiger partial charge in [0, 0.05) is 5.92 Å². The number of nitrogens with one attached hydrogen (secondary N) is 1. The third kappa shape index (κ3) is 2.47. The average molecular weight is 357 g/mol. The molecule has 6 aliphatic carbocycles. The Hall–Kier alpha value is -1.32. The topological polar surface area (TPSA) is 55.4 Å². The summed E-state index contributed by atoms with van der Waals surface area (Å²) in [5.41, 5.74) is -0.233. The van der Waals surface area contributed by atoms with E-state index >= 15 is 0 Å². The molecule has 0 heterocycles. The van der Waals surface area contributed by atoms with Crippen LogP contribution in [0.2, 0.25) is 0 Å². The molecule has 4 heteroatoms. The summed E-state index contributed by atoms with van der Waals surface area (Å²) in [6.45, 7) is 3.42. The molecule has 6 aliphatic rings. The van der Waals surface area contributed by atoms with Crippen molar-refractivity contribution < 1.29 is 14.3 Å². The first kappa shape index (κ1) is 16.8. The molecular formula is C22H31NO3. The Morgan fingerprint density at radius 2 is 1.65 bits per heavy atom. The van der Waals surface area contributed by atoms with Crippen LogP contribution >= 0.6 is 0 Å². The number of ether oxygens (including phenoxy) is 1. The predicted molar refractivity (Wildman–Crippen MR) is 98.0 cm³/mol. The normalized spacial score (nSPS) is 47.8. The minimum atomic E-state index is -0.305. The third-order valence-electron chi connectivity index (χ3n) is 8.61. The number of rotatable bonds is 5. The molecule has 6 rings (SSSR count). The summed E-state index contributed by atoms with van der Waals surface area (Å²) in [7, 11) is 0. The van der Waals surface area contributed by atoms with Gasteiger partial charge in [0.2, 0.25) is 5.91 Å². The second kappa shape index (κ2) is 6.10. The molecule has 0 spiro atoms. The van der Waals surface area contributed by atoms with Gasteiger partial charge in [-0.25, -0.2) is 0 Å². The van der Waals surface area contributed by atoms with Crippen molar-refractivity contribution in [2.75, 3.05) is 6.54 Å². The SMILES string of the molecule is C=CC(=O)NCC(=O)OC1(C2CC3CCC2C3)C2CC3CC(C2)CC1C3. The van der Waals surface area contributed by atoms with Gasteiger partial charge in [-0.2, -0.15) is 0 Å². The predicted octanol–water partition coefficient (Wildman–Crippen LogP) is 3.46. The standard InChI is InChI=1S/C22H31NO3/c1-2-20(24)23-12-21(25)26-22(19-11-13-3-4-16(19)6-13)17-7-14-5-15(9-17)10-18(22)8-14/h2,13-19H,1,3-12H2,(H,23,24). The first-order chi connectivity index (χ1) is 12.6. The van der Waals surface area contributed by atoms with E-state index in [0.717, 1.165) is 23.7 Å². The molecule has 1 N–H and O–H groups in total. The van der Waals surface area contributed by atoms with Crippen LogP contribution < -0.4 is 5.32 Å². The Balaban J connectivity index is 1.41. The van der Waals surface area contributed by atoms with Crippen molar-refractivity contribution in [1.29, 1.82) is 0 Å². The van der Waals surface area contributed by atoms with E-state index in [1.54, 1.807) is 0 Å². The van der Waals surface area contributed by atoms with Crippen LogP contribution in [0.25, 0.3) is 0 Å². The lowest BCUT2D eigenvalue weighted by Crippen LogP contribution is -2.64. The Morgan fingerprint density at radius 3 is 2.19 bits per heavy atom. The number of carbonyl (C=O) groups is 2. The molecule has 0 radical (unpaired) electrons. The lowest BCUT2D eigenvalue weighted by atomic mass is 9.46. The second-order valence-corrected chi connectivity index (χ2v) is 9.84. The minimum Gasteiger partial charge on any atom is -0.457 e. The van der Waals surface area contributed by atoms with E-state index in [1.165, 1.54) is 63.9 Å². The summed E-state index contributed by atoms with van der Waals surface area (Å²) < 4.78 is 6.46. The van der Waals surface area contributed by atoms with E-state index < -0.39 is 0 Å². The fraction of sp³-hybridized carbons (Fsp3) is 0.818. The lowest BCUT2D eigenvalue weighted by molar-refractivity contribution is -0.234. The largest absolute Gasteiger partial charge is 0.457 e. The molecule has 6 fully saturated rings. The van der Waals surface area contributed by atoms with E-state index in [2.05, 4.69) is 11.9 Å². The van der Waals surface area contributed by atoms with Gasteiger partial charge in [0.05, 0.1) is 0 Å². The molecule has 0 aromatic heterocycles. The third-order valence-corrected chi connectivity index (χ3v) is 8.61. The molecule has 6 saturated carbocycles. The number of carbonyl (C=O) groups excluding carboxylic acids is 2. The highest BCUT2D eigenvalue weighted by Gasteiger charge is 2.65. The van der Waals surface area contributed by atoms with Crippen LogP contribution in [-0.2, 0) is 14.3 Å². The van der Waals surface area contributed by atoms with Crippen molar-refractivity contribution in [3.05, 3.63) is 12.7 Å². The van der Waals surface area contributed by atoms with E-state index in [-0.39, 0.29) is 24.0 Å². The molecule has 142 valence electrons. The molecule has 0 aromatic carbocycles. The van der Waals surface area contributed by atoms with Crippen molar-refractivity contribution in [1.82, 2.24) is 5.32 Å². The van der Waals surface area contributed by atoms with Crippen LogP contribution in [0.5, 0.6) is 0 Å². The van der Waals surface area contributed by atoms with Crippen molar-refractivity contribution in [2.24, 2.45) is 41.4 Å². The monoisotopic (exact) mass is 357 g/mol. The molecule has 4 nitrogen and oxygen atoms in total. The summed E-state index contributed by atoms with van der Waals surface area (Å²) in [5.74, 6) is 4.48. The fourth-order valence-corrected chi connectivity index (χ4v) is 8.03. The smallest absolute Gasteiger partial charge is 0.326 e. The molecule has 3 unspecified atom stereocenters. The molecule has 0 saturated heterocycles. The van der Waals surface area contributed by atoms with Gasteiger partial charge in [0.15, 0.2) is 0 Å². The van der Waals surface area contributed by atoms with Gasteiger partial charge in [0.25, 0.3) is 0 Å². The number of fused-ring (bicyclic) bond motifs is 2. The highest BCUT2D eigenvalue weighted by Crippen LogP contribution is 2.66. The van der Waals surface area contributed by atoms with Crippen LogP contribution in [0.4, 0.5) is 0 Å². The summed E-state index contributed by atoms with van der Waals surface area (Å²) in [5, 5.41) is 2.62. The maximum Gasteiger partial charge on any atom is 0.326 e. The van der Waals surface area contributed by atoms with E-state index in [9.17, 15) is 9.59 Å². The molecule has 6 bridgehead atoms. The van der Waals surface area contributed by atoms with Crippen LogP contribution in [0, 0.1) is 41.4 Å². The van der Waals surface area contributed by atoms with Gasteiger partial charge in [-0.1, -0.05) is 13.0 Å². The van der Waals surface area contributed by atoms with Gasteiger partial charge in [-0.3, -0.25) is 9.59 Å². The summed E-state index contributed by atoms with van der Waals surface area (Å²) in [6, 6.07) is 0. The van der Waals surface area contributed by atoms with Gasteiger partial charge < -0.3 is 10.1 Å². The maximum atomic E-state index is 12.8. The average Bonchev–Trinajstić information content (AvgIpc) is 3.26. The number of hydrogen-bond donors (Lipinski definition) is 1. The van der Waals surface area contributed by atoms with Gasteiger partial charge >= 0.3 is 5.97 Å². The Labute approximate surface area is 156 Å². The van der Waals surface area contributed by atoms with Gasteiger partial charge in [-0.05, 0) is 93.0 Å². The summed E-state index contributed by atoms with van der Waals surface area (Å²) >= 11 is 0. The molecule has 3 atom stereocenters. The van der Waals surface area contributed by atoms with Crippen LogP contribution in [0.1, 0.15) is 57.8 Å². The molecule has 26 heavy (non-hydrogen) atoms. The minimum absolute atomic E-state index is 0.0281. The Morgan fingerprint density at radius 1 is 0.962 bits per heavy atom. The number of esters is 1. The van der Waals surface area contributed by atoms with E-state index in [1.807, 2.05) is 0 Å². The van der Waals surface area contributed by atoms with Crippen LogP contribution in [-0.4, -0.2) is 24.0 Å². The Kier molecular flexibility index (Phi) is 3.95. The highest BCUT2D eigenvalue weighted by molar-refractivity contribution is 5.89. The van der Waals surface area contributed by atoms with Crippen molar-refractivity contribution in [2.45, 2.75) is 63.4 Å². The van der Waals surface area contributed by atoms with Crippen molar-refractivity contribution >= 4 is 11.9 Å². The molecule has 0 aliphatic heterocycles. The zero-order valence-corrected chi connectivity index (χ0v) is 15.6. The van der Waals surface area contributed by atoms with Crippen molar-refractivity contribution in [3.63, 3.8) is 0 Å². The Bertz CT molecular complexity index is 599. The van der Waals surface area contributed by atoms with Crippen molar-refractivity contribution in [3.8, 4) is 0 Å². The second-order valence-electron chi connectivity index (χ2n) is 9.84. The van der Waals surface area contributed by atoms with Gasteiger partial charge in [-0.15, -0.1) is 0 Å². The van der Waals surface area contributed by atoms with Crippen LogP contribution in [0.15, 0.2) is 12.7 Å². The molecule has 0 aromatic rings.